The van der Waals surface area contributed by atoms with Crippen molar-refractivity contribution in [3.05, 3.63) is 81.3 Å². The Hall–Kier alpha value is -2.53. The molecule has 0 aliphatic carbocycles. The van der Waals surface area contributed by atoms with Crippen LogP contribution in [0.5, 0.6) is 0 Å². The molecule has 27 heavy (non-hydrogen) atoms. The first-order valence-corrected chi connectivity index (χ1v) is 9.06. The number of hydrogen-bond donors (Lipinski definition) is 1. The van der Waals surface area contributed by atoms with Crippen LogP contribution in [0, 0.1) is 0 Å². The molecule has 0 saturated heterocycles. The molecule has 0 unspecified atom stereocenters. The number of nitrogens with one attached hydrogen (secondary N) is 1. The van der Waals surface area contributed by atoms with Crippen LogP contribution >= 0.6 is 34.8 Å². The van der Waals surface area contributed by atoms with Crippen LogP contribution in [-0.4, -0.2) is 10.9 Å². The van der Waals surface area contributed by atoms with Gasteiger partial charge in [0.25, 0.3) is 5.91 Å². The summed E-state index contributed by atoms with van der Waals surface area (Å²) in [5.41, 5.74) is 2.95. The normalized spacial score (nSPS) is 10.9. The standard InChI is InChI=1S/C20H11Cl3N2O2/c21-12-4-6-15(16(23)9-12)19(26)24-14-3-1-2-11(8-14)20-25-17-10-13(22)5-7-18(17)27-20/h1-10H,(H,24,26). The van der Waals surface area contributed by atoms with E-state index in [1.807, 2.05) is 6.07 Å². The molecule has 0 radical (unpaired) electrons. The van der Waals surface area contributed by atoms with Gasteiger partial charge in [-0.25, -0.2) is 4.98 Å². The fourth-order valence-electron chi connectivity index (χ4n) is 2.63. The Bertz CT molecular complexity index is 1170. The number of benzene rings is 3. The molecular formula is C20H11Cl3N2O2. The highest BCUT2D eigenvalue weighted by atomic mass is 35.5. The molecule has 1 amide bonds. The van der Waals surface area contributed by atoms with Crippen molar-refractivity contribution in [1.82, 2.24) is 4.98 Å². The lowest BCUT2D eigenvalue weighted by Crippen LogP contribution is -2.12. The molecular weight excluding hydrogens is 407 g/mol. The zero-order chi connectivity index (χ0) is 19.0. The first-order valence-electron chi connectivity index (χ1n) is 7.92. The Balaban J connectivity index is 1.62. The zero-order valence-electron chi connectivity index (χ0n) is 13.7. The highest BCUT2D eigenvalue weighted by Gasteiger charge is 2.13. The van der Waals surface area contributed by atoms with Crippen LogP contribution in [0.2, 0.25) is 15.1 Å². The molecule has 4 nitrogen and oxygen atoms in total. The summed E-state index contributed by atoms with van der Waals surface area (Å²) in [6, 6.07) is 17.1. The van der Waals surface area contributed by atoms with Gasteiger partial charge >= 0.3 is 0 Å². The van der Waals surface area contributed by atoms with Crippen LogP contribution in [0.15, 0.2) is 65.1 Å². The van der Waals surface area contributed by atoms with E-state index in [0.29, 0.717) is 38.3 Å². The van der Waals surface area contributed by atoms with Crippen molar-refractivity contribution in [3.8, 4) is 11.5 Å². The van der Waals surface area contributed by atoms with E-state index in [9.17, 15) is 4.79 Å². The second-order valence-corrected chi connectivity index (χ2v) is 7.07. The third-order valence-corrected chi connectivity index (χ3v) is 4.68. The predicted octanol–water partition coefficient (Wildman–Crippen LogP) is 6.71. The van der Waals surface area contributed by atoms with Crippen LogP contribution in [0.25, 0.3) is 22.6 Å². The van der Waals surface area contributed by atoms with Crippen LogP contribution in [0.1, 0.15) is 10.4 Å². The van der Waals surface area contributed by atoms with E-state index in [1.165, 1.54) is 6.07 Å². The van der Waals surface area contributed by atoms with Gasteiger partial charge in [-0.2, -0.15) is 0 Å². The Morgan fingerprint density at radius 3 is 2.52 bits per heavy atom. The maximum Gasteiger partial charge on any atom is 0.257 e. The number of aromatic nitrogens is 1. The quantitative estimate of drug-likeness (QED) is 0.403. The van der Waals surface area contributed by atoms with Gasteiger partial charge in [-0.1, -0.05) is 40.9 Å². The van der Waals surface area contributed by atoms with Gasteiger partial charge < -0.3 is 9.73 Å². The number of anilines is 1. The molecule has 0 saturated carbocycles. The summed E-state index contributed by atoms with van der Waals surface area (Å²) < 4.78 is 5.77. The van der Waals surface area contributed by atoms with Crippen molar-refractivity contribution in [3.63, 3.8) is 0 Å². The Morgan fingerprint density at radius 2 is 1.70 bits per heavy atom. The smallest absolute Gasteiger partial charge is 0.257 e. The molecule has 0 bridgehead atoms. The Kier molecular flexibility index (Phi) is 4.79. The van der Waals surface area contributed by atoms with Crippen molar-refractivity contribution in [1.29, 1.82) is 0 Å². The van der Waals surface area contributed by atoms with Gasteiger partial charge in [0.05, 0.1) is 10.6 Å². The number of halogens is 3. The molecule has 0 aliphatic rings. The summed E-state index contributed by atoms with van der Waals surface area (Å²) in [6.07, 6.45) is 0. The highest BCUT2D eigenvalue weighted by Crippen LogP contribution is 2.28. The summed E-state index contributed by atoms with van der Waals surface area (Å²) in [4.78, 5) is 16.9. The van der Waals surface area contributed by atoms with Gasteiger partial charge in [-0.05, 0) is 54.6 Å². The van der Waals surface area contributed by atoms with Crippen molar-refractivity contribution in [2.24, 2.45) is 0 Å². The Labute approximate surface area is 169 Å². The summed E-state index contributed by atoms with van der Waals surface area (Å²) in [6.45, 7) is 0. The zero-order valence-corrected chi connectivity index (χ0v) is 15.9. The number of carbonyl (C=O) groups is 1. The fourth-order valence-corrected chi connectivity index (χ4v) is 3.29. The van der Waals surface area contributed by atoms with Crippen LogP contribution in [0.3, 0.4) is 0 Å². The third-order valence-electron chi connectivity index (χ3n) is 3.89. The van der Waals surface area contributed by atoms with Crippen molar-refractivity contribution < 1.29 is 9.21 Å². The molecule has 134 valence electrons. The van der Waals surface area contributed by atoms with Gasteiger partial charge in [0.2, 0.25) is 5.89 Å². The summed E-state index contributed by atoms with van der Waals surface area (Å²) in [5.74, 6) is 0.103. The van der Waals surface area contributed by atoms with E-state index < -0.39 is 0 Å². The van der Waals surface area contributed by atoms with Gasteiger partial charge in [0, 0.05) is 21.3 Å². The molecule has 0 fully saturated rings. The van der Waals surface area contributed by atoms with Crippen molar-refractivity contribution in [2.75, 3.05) is 5.32 Å². The number of amides is 1. The number of fused-ring (bicyclic) bond motifs is 1. The number of oxazole rings is 1. The number of rotatable bonds is 3. The minimum absolute atomic E-state index is 0.284. The first kappa shape index (κ1) is 17.9. The maximum atomic E-state index is 12.5. The largest absolute Gasteiger partial charge is 0.436 e. The summed E-state index contributed by atoms with van der Waals surface area (Å²) in [7, 11) is 0. The molecule has 0 aliphatic heterocycles. The minimum Gasteiger partial charge on any atom is -0.436 e. The van der Waals surface area contributed by atoms with E-state index in [0.717, 1.165) is 5.56 Å². The predicted molar refractivity (Wildman–Crippen MR) is 109 cm³/mol. The second-order valence-electron chi connectivity index (χ2n) is 5.79. The number of nitrogens with zero attached hydrogens (tertiary/aromatic N) is 1. The van der Waals surface area contributed by atoms with Crippen molar-refractivity contribution >= 4 is 57.5 Å². The molecule has 0 atom stereocenters. The average molecular weight is 418 g/mol. The van der Waals surface area contributed by atoms with Crippen LogP contribution < -0.4 is 5.32 Å². The number of carbonyl (C=O) groups excluding carboxylic acids is 1. The first-order chi connectivity index (χ1) is 13.0. The topological polar surface area (TPSA) is 55.1 Å². The highest BCUT2D eigenvalue weighted by molar-refractivity contribution is 6.37. The van der Waals surface area contributed by atoms with E-state index in [2.05, 4.69) is 10.3 Å². The Morgan fingerprint density at radius 1 is 0.926 bits per heavy atom. The molecule has 4 rings (SSSR count). The van der Waals surface area contributed by atoms with Crippen LogP contribution in [0.4, 0.5) is 5.69 Å². The molecule has 3 aromatic carbocycles. The SMILES string of the molecule is O=C(Nc1cccc(-c2nc3cc(Cl)ccc3o2)c1)c1ccc(Cl)cc1Cl. The molecule has 0 spiro atoms. The third kappa shape index (κ3) is 3.78. The lowest BCUT2D eigenvalue weighted by Gasteiger charge is -2.08. The van der Waals surface area contributed by atoms with Gasteiger partial charge in [0.15, 0.2) is 5.58 Å². The monoisotopic (exact) mass is 416 g/mol. The van der Waals surface area contributed by atoms with Crippen molar-refractivity contribution in [2.45, 2.75) is 0 Å². The average Bonchev–Trinajstić information content (AvgIpc) is 3.05. The lowest BCUT2D eigenvalue weighted by molar-refractivity contribution is 0.102. The fraction of sp³-hybridized carbons (Fsp3) is 0. The van der Waals surface area contributed by atoms with Gasteiger partial charge in [-0.3, -0.25) is 4.79 Å². The molecule has 1 aromatic heterocycles. The maximum absolute atomic E-state index is 12.5. The van der Waals surface area contributed by atoms with E-state index in [4.69, 9.17) is 39.2 Å². The van der Waals surface area contributed by atoms with E-state index >= 15 is 0 Å². The minimum atomic E-state index is -0.335. The van der Waals surface area contributed by atoms with Gasteiger partial charge in [0.1, 0.15) is 5.52 Å². The number of hydrogen-bond acceptors (Lipinski definition) is 3. The molecule has 7 heteroatoms. The second kappa shape index (κ2) is 7.24. The van der Waals surface area contributed by atoms with E-state index in [-0.39, 0.29) is 10.9 Å². The van der Waals surface area contributed by atoms with Gasteiger partial charge in [-0.15, -0.1) is 0 Å². The van der Waals surface area contributed by atoms with Crippen LogP contribution in [-0.2, 0) is 0 Å². The molecule has 1 heterocycles. The summed E-state index contributed by atoms with van der Waals surface area (Å²) >= 11 is 18.0. The molecule has 4 aromatic rings. The van der Waals surface area contributed by atoms with E-state index in [1.54, 1.807) is 48.5 Å². The summed E-state index contributed by atoms with van der Waals surface area (Å²) in [5, 5.41) is 4.15. The molecule has 1 N–H and O–H groups in total. The lowest BCUT2D eigenvalue weighted by atomic mass is 10.1.